The number of allylic oxidation sites excluding steroid dienone is 1. The minimum Gasteiger partial charge on any atom is -0.342 e. The van der Waals surface area contributed by atoms with Crippen molar-refractivity contribution in [2.75, 3.05) is 0 Å². The molecule has 0 saturated heterocycles. The van der Waals surface area contributed by atoms with E-state index in [9.17, 15) is 4.79 Å². The number of nitrogens with one attached hydrogen (secondary N) is 1. The molecule has 0 aliphatic rings. The molecule has 0 aromatic carbocycles. The van der Waals surface area contributed by atoms with E-state index in [2.05, 4.69) is 17.8 Å². The van der Waals surface area contributed by atoms with Crippen molar-refractivity contribution in [2.24, 2.45) is 0 Å². The lowest BCUT2D eigenvalue weighted by Gasteiger charge is -2.09. The van der Waals surface area contributed by atoms with E-state index in [1.54, 1.807) is 6.08 Å². The van der Waals surface area contributed by atoms with Crippen LogP contribution in [-0.4, -0.2) is 11.9 Å². The van der Waals surface area contributed by atoms with Crippen LogP contribution >= 0.6 is 0 Å². The number of terminal acetylenes is 1. The van der Waals surface area contributed by atoms with Gasteiger partial charge in [0.2, 0.25) is 5.91 Å². The summed E-state index contributed by atoms with van der Waals surface area (Å²) in [5.41, 5.74) is 0. The van der Waals surface area contributed by atoms with E-state index in [0.717, 1.165) is 6.42 Å². The molecule has 0 heterocycles. The molecule has 0 rings (SSSR count). The Morgan fingerprint density at radius 2 is 2.50 bits per heavy atom. The van der Waals surface area contributed by atoms with Gasteiger partial charge in [-0.2, -0.15) is 0 Å². The first-order chi connectivity index (χ1) is 5.74. The molecule has 1 atom stereocenters. The second-order valence-corrected chi connectivity index (χ2v) is 2.52. The van der Waals surface area contributed by atoms with Gasteiger partial charge in [0, 0.05) is 6.42 Å². The van der Waals surface area contributed by atoms with Gasteiger partial charge in [-0.25, -0.2) is 0 Å². The molecule has 2 heteroatoms. The molecule has 0 aliphatic heterocycles. The third kappa shape index (κ3) is 4.56. The highest BCUT2D eigenvalue weighted by Crippen LogP contribution is 1.93. The number of carbonyl (C=O) groups is 1. The van der Waals surface area contributed by atoms with Crippen LogP contribution in [0, 0.1) is 12.3 Å². The minimum atomic E-state index is -0.123. The minimum absolute atomic E-state index is 0.000278. The second-order valence-electron chi connectivity index (χ2n) is 2.52. The van der Waals surface area contributed by atoms with E-state index in [-0.39, 0.29) is 11.9 Å². The lowest BCUT2D eigenvalue weighted by molar-refractivity contribution is -0.121. The smallest absolute Gasteiger partial charge is 0.221 e. The Bertz CT molecular complexity index is 191. The van der Waals surface area contributed by atoms with Crippen molar-refractivity contribution in [1.29, 1.82) is 0 Å². The maximum absolute atomic E-state index is 11.1. The van der Waals surface area contributed by atoms with Gasteiger partial charge in [0.15, 0.2) is 0 Å². The zero-order valence-electron chi connectivity index (χ0n) is 7.47. The highest BCUT2D eigenvalue weighted by molar-refractivity contribution is 5.76. The molecule has 1 amide bonds. The van der Waals surface area contributed by atoms with Crippen molar-refractivity contribution in [1.82, 2.24) is 5.32 Å². The molecular formula is C10H15NO. The molecule has 0 bridgehead atoms. The topological polar surface area (TPSA) is 29.1 Å². The maximum atomic E-state index is 11.1. The number of hydrogen-bond donors (Lipinski definition) is 1. The van der Waals surface area contributed by atoms with Crippen molar-refractivity contribution in [3.05, 3.63) is 12.7 Å². The highest BCUT2D eigenvalue weighted by Gasteiger charge is 2.05. The molecule has 0 aliphatic carbocycles. The van der Waals surface area contributed by atoms with Gasteiger partial charge in [0.05, 0.1) is 6.04 Å². The number of hydrogen-bond acceptors (Lipinski definition) is 1. The largest absolute Gasteiger partial charge is 0.342 e. The first-order valence-electron chi connectivity index (χ1n) is 4.11. The number of carbonyl (C=O) groups excluding carboxylic acids is 1. The van der Waals surface area contributed by atoms with Crippen molar-refractivity contribution < 1.29 is 4.79 Å². The number of rotatable bonds is 5. The van der Waals surface area contributed by atoms with E-state index in [4.69, 9.17) is 6.42 Å². The molecule has 0 saturated carbocycles. The van der Waals surface area contributed by atoms with Crippen LogP contribution < -0.4 is 5.32 Å². The lowest BCUT2D eigenvalue weighted by atomic mass is 10.2. The second kappa shape index (κ2) is 6.48. The van der Waals surface area contributed by atoms with Crippen molar-refractivity contribution >= 4 is 5.91 Å². The highest BCUT2D eigenvalue weighted by atomic mass is 16.1. The fourth-order valence-electron chi connectivity index (χ4n) is 0.761. The summed E-state index contributed by atoms with van der Waals surface area (Å²) in [5, 5.41) is 2.73. The van der Waals surface area contributed by atoms with Gasteiger partial charge in [-0.1, -0.05) is 18.9 Å². The summed E-state index contributed by atoms with van der Waals surface area (Å²) in [6.45, 7) is 5.47. The maximum Gasteiger partial charge on any atom is 0.221 e. The predicted octanol–water partition coefficient (Wildman–Crippen LogP) is 1.48. The Kier molecular flexibility index (Phi) is 5.81. The van der Waals surface area contributed by atoms with Gasteiger partial charge in [-0.15, -0.1) is 13.0 Å². The van der Waals surface area contributed by atoms with Gasteiger partial charge in [-0.3, -0.25) is 4.79 Å². The molecular weight excluding hydrogens is 150 g/mol. The normalized spacial score (nSPS) is 11.3. The zero-order chi connectivity index (χ0) is 9.40. The summed E-state index contributed by atoms with van der Waals surface area (Å²) in [7, 11) is 0. The van der Waals surface area contributed by atoms with Crippen molar-refractivity contribution in [2.45, 2.75) is 32.2 Å². The average molecular weight is 165 g/mol. The molecule has 66 valence electrons. The van der Waals surface area contributed by atoms with Crippen LogP contribution in [0.1, 0.15) is 26.2 Å². The Balaban J connectivity index is 3.68. The third-order valence-electron chi connectivity index (χ3n) is 1.52. The van der Waals surface area contributed by atoms with Gasteiger partial charge >= 0.3 is 0 Å². The lowest BCUT2D eigenvalue weighted by Crippen LogP contribution is -2.32. The van der Waals surface area contributed by atoms with E-state index in [1.165, 1.54) is 0 Å². The summed E-state index contributed by atoms with van der Waals surface area (Å²) in [6, 6.07) is -0.123. The monoisotopic (exact) mass is 165 g/mol. The Morgan fingerprint density at radius 3 is 2.92 bits per heavy atom. The first-order valence-corrected chi connectivity index (χ1v) is 4.11. The molecule has 1 unspecified atom stereocenters. The first kappa shape index (κ1) is 10.8. The summed E-state index contributed by atoms with van der Waals surface area (Å²) in [4.78, 5) is 11.1. The molecule has 0 fully saturated rings. The Labute approximate surface area is 74.0 Å². The molecule has 0 spiro atoms. The summed E-state index contributed by atoms with van der Waals surface area (Å²) >= 11 is 0. The summed E-state index contributed by atoms with van der Waals surface area (Å²) < 4.78 is 0. The van der Waals surface area contributed by atoms with Crippen LogP contribution in [0.2, 0.25) is 0 Å². The standard InChI is InChI=1S/C10H15NO/c1-4-7-8-10(12)11-9(5-2)6-3/h2,4,9H,1,6-8H2,3H3,(H,11,12). The zero-order valence-corrected chi connectivity index (χ0v) is 7.47. The van der Waals surface area contributed by atoms with E-state index in [0.29, 0.717) is 12.8 Å². The molecule has 0 aromatic rings. The molecule has 1 N–H and O–H groups in total. The Hall–Kier alpha value is -1.23. The molecule has 0 aromatic heterocycles. The van der Waals surface area contributed by atoms with Crippen LogP contribution in [0.4, 0.5) is 0 Å². The van der Waals surface area contributed by atoms with Crippen LogP contribution in [0.15, 0.2) is 12.7 Å². The molecule has 0 radical (unpaired) electrons. The fraction of sp³-hybridized carbons (Fsp3) is 0.500. The third-order valence-corrected chi connectivity index (χ3v) is 1.52. The van der Waals surface area contributed by atoms with Crippen LogP contribution in [0.3, 0.4) is 0 Å². The fourth-order valence-corrected chi connectivity index (χ4v) is 0.761. The van der Waals surface area contributed by atoms with Gasteiger partial charge in [-0.05, 0) is 12.8 Å². The van der Waals surface area contributed by atoms with Crippen molar-refractivity contribution in [3.8, 4) is 12.3 Å². The van der Waals surface area contributed by atoms with Crippen molar-refractivity contribution in [3.63, 3.8) is 0 Å². The predicted molar refractivity (Wildman–Crippen MR) is 50.5 cm³/mol. The SMILES string of the molecule is C#CC(CC)NC(=O)CCC=C. The molecule has 2 nitrogen and oxygen atoms in total. The van der Waals surface area contributed by atoms with Crippen LogP contribution in [0.5, 0.6) is 0 Å². The van der Waals surface area contributed by atoms with E-state index < -0.39 is 0 Å². The quantitative estimate of drug-likeness (QED) is 0.485. The molecule has 12 heavy (non-hydrogen) atoms. The van der Waals surface area contributed by atoms with E-state index in [1.807, 2.05) is 6.92 Å². The van der Waals surface area contributed by atoms with Crippen LogP contribution in [0.25, 0.3) is 0 Å². The summed E-state index contributed by atoms with van der Waals surface area (Å²) in [6.07, 6.45) is 8.84. The van der Waals surface area contributed by atoms with Crippen LogP contribution in [-0.2, 0) is 4.79 Å². The summed E-state index contributed by atoms with van der Waals surface area (Å²) in [5.74, 6) is 2.50. The van der Waals surface area contributed by atoms with Gasteiger partial charge in [0.25, 0.3) is 0 Å². The van der Waals surface area contributed by atoms with E-state index >= 15 is 0 Å². The number of amides is 1. The average Bonchev–Trinajstić information content (AvgIpc) is 2.10. The Morgan fingerprint density at radius 1 is 1.83 bits per heavy atom. The van der Waals surface area contributed by atoms with Gasteiger partial charge in [0.1, 0.15) is 0 Å². The van der Waals surface area contributed by atoms with Gasteiger partial charge < -0.3 is 5.32 Å².